The van der Waals surface area contributed by atoms with E-state index in [9.17, 15) is 4.79 Å². The van der Waals surface area contributed by atoms with Crippen molar-refractivity contribution in [1.29, 1.82) is 0 Å². The summed E-state index contributed by atoms with van der Waals surface area (Å²) in [5.41, 5.74) is 12.3. The Kier molecular flexibility index (Phi) is 3.05. The van der Waals surface area contributed by atoms with E-state index in [-0.39, 0.29) is 11.3 Å². The van der Waals surface area contributed by atoms with Crippen LogP contribution in [0.4, 0.5) is 11.4 Å². The monoisotopic (exact) mass is 244 g/mol. The van der Waals surface area contributed by atoms with Crippen molar-refractivity contribution in [3.63, 3.8) is 0 Å². The van der Waals surface area contributed by atoms with E-state index in [4.69, 9.17) is 21.3 Å². The molecule has 0 aliphatic heterocycles. The summed E-state index contributed by atoms with van der Waals surface area (Å²) in [5, 5.41) is 9.02. The summed E-state index contributed by atoms with van der Waals surface area (Å²) in [5.74, 6) is -0.404. The van der Waals surface area contributed by atoms with Gasteiger partial charge >= 0.3 is 5.97 Å². The second-order valence-electron chi connectivity index (χ2n) is 3.74. The lowest BCUT2D eigenvalue weighted by Crippen LogP contribution is -2.00. The van der Waals surface area contributed by atoms with Gasteiger partial charge in [0.25, 0.3) is 0 Å². The molecule has 0 aliphatic rings. The van der Waals surface area contributed by atoms with Gasteiger partial charge in [-0.25, -0.2) is 4.79 Å². The molecule has 0 aromatic heterocycles. The number of nitrogens with two attached hydrogens (primary N) is 2. The molecular formula is C13H12N2O3. The highest BCUT2D eigenvalue weighted by Crippen LogP contribution is 2.28. The first-order valence-electron chi connectivity index (χ1n) is 5.22. The number of hydrogen-bond donors (Lipinski definition) is 3. The summed E-state index contributed by atoms with van der Waals surface area (Å²) in [4.78, 5) is 11.0. The van der Waals surface area contributed by atoms with Crippen LogP contribution >= 0.6 is 0 Å². The van der Waals surface area contributed by atoms with Crippen molar-refractivity contribution in [2.45, 2.75) is 0 Å². The minimum atomic E-state index is -1.05. The predicted octanol–water partition coefficient (Wildman–Crippen LogP) is 2.34. The van der Waals surface area contributed by atoms with E-state index in [1.54, 1.807) is 36.4 Å². The molecule has 0 fully saturated rings. The normalized spacial score (nSPS) is 10.0. The zero-order chi connectivity index (χ0) is 13.1. The molecule has 5 N–H and O–H groups in total. The second-order valence-corrected chi connectivity index (χ2v) is 3.74. The summed E-state index contributed by atoms with van der Waals surface area (Å²) >= 11 is 0. The van der Waals surface area contributed by atoms with E-state index < -0.39 is 5.97 Å². The number of hydrogen-bond acceptors (Lipinski definition) is 4. The Balaban J connectivity index is 2.37. The van der Waals surface area contributed by atoms with Gasteiger partial charge in [-0.15, -0.1) is 0 Å². The number of aromatic carboxylic acids is 1. The van der Waals surface area contributed by atoms with E-state index >= 15 is 0 Å². The van der Waals surface area contributed by atoms with Crippen LogP contribution in [0.2, 0.25) is 0 Å². The first-order valence-corrected chi connectivity index (χ1v) is 5.22. The van der Waals surface area contributed by atoms with Crippen LogP contribution in [0.25, 0.3) is 0 Å². The number of carboxylic acid groups (broad SMARTS) is 1. The van der Waals surface area contributed by atoms with Crippen LogP contribution in [0.5, 0.6) is 11.5 Å². The molecular weight excluding hydrogens is 232 g/mol. The van der Waals surface area contributed by atoms with Crippen LogP contribution in [0.3, 0.4) is 0 Å². The van der Waals surface area contributed by atoms with Gasteiger partial charge in [0, 0.05) is 23.5 Å². The topological polar surface area (TPSA) is 98.6 Å². The summed E-state index contributed by atoms with van der Waals surface area (Å²) in [6.07, 6.45) is 0. The molecule has 18 heavy (non-hydrogen) atoms. The lowest BCUT2D eigenvalue weighted by Gasteiger charge is -2.09. The molecule has 5 nitrogen and oxygen atoms in total. The third kappa shape index (κ3) is 2.52. The fourth-order valence-electron chi connectivity index (χ4n) is 1.56. The minimum Gasteiger partial charge on any atom is -0.478 e. The Hall–Kier alpha value is -2.69. The lowest BCUT2D eigenvalue weighted by molar-refractivity contribution is 0.0694. The van der Waals surface area contributed by atoms with Gasteiger partial charge in [0.2, 0.25) is 0 Å². The minimum absolute atomic E-state index is 0.0819. The maximum absolute atomic E-state index is 11.0. The van der Waals surface area contributed by atoms with Crippen molar-refractivity contribution >= 4 is 17.3 Å². The second kappa shape index (κ2) is 4.67. The van der Waals surface area contributed by atoms with Crippen LogP contribution in [0.1, 0.15) is 10.4 Å². The zero-order valence-corrected chi connectivity index (χ0v) is 9.46. The third-order valence-electron chi connectivity index (χ3n) is 2.30. The Labute approximate surface area is 104 Å². The van der Waals surface area contributed by atoms with Crippen LogP contribution in [-0.4, -0.2) is 11.1 Å². The van der Waals surface area contributed by atoms with E-state index in [2.05, 4.69) is 0 Å². The fourth-order valence-corrected chi connectivity index (χ4v) is 1.56. The Morgan fingerprint density at radius 2 is 1.67 bits per heavy atom. The highest BCUT2D eigenvalue weighted by molar-refractivity contribution is 5.90. The molecule has 92 valence electrons. The first kappa shape index (κ1) is 11.8. The van der Waals surface area contributed by atoms with Gasteiger partial charge in [-0.2, -0.15) is 0 Å². The van der Waals surface area contributed by atoms with Crippen molar-refractivity contribution in [1.82, 2.24) is 0 Å². The molecule has 5 heteroatoms. The predicted molar refractivity (Wildman–Crippen MR) is 68.7 cm³/mol. The van der Waals surface area contributed by atoms with Gasteiger partial charge in [-0.05, 0) is 18.2 Å². The molecule has 0 heterocycles. The standard InChI is InChI=1S/C13H12N2O3/c14-8-5-9(15)7-10(6-8)18-12-4-2-1-3-11(12)13(16)17/h1-7H,14-15H2,(H,16,17). The molecule has 0 bridgehead atoms. The van der Waals surface area contributed by atoms with Gasteiger partial charge in [-0.3, -0.25) is 0 Å². The fraction of sp³-hybridized carbons (Fsp3) is 0. The van der Waals surface area contributed by atoms with E-state index in [0.29, 0.717) is 17.1 Å². The number of anilines is 2. The zero-order valence-electron chi connectivity index (χ0n) is 9.46. The molecule has 0 saturated heterocycles. The molecule has 2 rings (SSSR count). The van der Waals surface area contributed by atoms with Gasteiger partial charge < -0.3 is 21.3 Å². The molecule has 0 aliphatic carbocycles. The van der Waals surface area contributed by atoms with Gasteiger partial charge in [0.1, 0.15) is 17.1 Å². The maximum Gasteiger partial charge on any atom is 0.339 e. The molecule has 0 amide bonds. The number of nitrogen functional groups attached to an aromatic ring is 2. The lowest BCUT2D eigenvalue weighted by atomic mass is 10.2. The molecule has 2 aromatic carbocycles. The van der Waals surface area contributed by atoms with Gasteiger partial charge in [0.15, 0.2) is 0 Å². The summed E-state index contributed by atoms with van der Waals surface area (Å²) in [7, 11) is 0. The Bertz CT molecular complexity index is 576. The van der Waals surface area contributed by atoms with Crippen LogP contribution in [-0.2, 0) is 0 Å². The van der Waals surface area contributed by atoms with Gasteiger partial charge in [-0.1, -0.05) is 12.1 Å². The Morgan fingerprint density at radius 3 is 2.28 bits per heavy atom. The number of benzene rings is 2. The van der Waals surface area contributed by atoms with Crippen molar-refractivity contribution in [2.75, 3.05) is 11.5 Å². The van der Waals surface area contributed by atoms with Crippen molar-refractivity contribution < 1.29 is 14.6 Å². The number of para-hydroxylation sites is 1. The van der Waals surface area contributed by atoms with E-state index in [1.165, 1.54) is 6.07 Å². The average molecular weight is 244 g/mol. The number of rotatable bonds is 3. The Morgan fingerprint density at radius 1 is 1.06 bits per heavy atom. The van der Waals surface area contributed by atoms with Crippen molar-refractivity contribution in [2.24, 2.45) is 0 Å². The van der Waals surface area contributed by atoms with Gasteiger partial charge in [0.05, 0.1) is 0 Å². The number of carboxylic acids is 1. The first-order chi connectivity index (χ1) is 8.56. The largest absolute Gasteiger partial charge is 0.478 e. The number of ether oxygens (including phenoxy) is 1. The highest BCUT2D eigenvalue weighted by Gasteiger charge is 2.11. The third-order valence-corrected chi connectivity index (χ3v) is 2.30. The van der Waals surface area contributed by atoms with Crippen molar-refractivity contribution in [3.05, 3.63) is 48.0 Å². The average Bonchev–Trinajstić information content (AvgIpc) is 2.27. The maximum atomic E-state index is 11.0. The smallest absolute Gasteiger partial charge is 0.339 e. The van der Waals surface area contributed by atoms with Crippen molar-refractivity contribution in [3.8, 4) is 11.5 Å². The quantitative estimate of drug-likeness (QED) is 0.720. The SMILES string of the molecule is Nc1cc(N)cc(Oc2ccccc2C(=O)O)c1. The molecule has 0 atom stereocenters. The molecule has 2 aromatic rings. The molecule has 0 unspecified atom stereocenters. The van der Waals surface area contributed by atoms with Crippen LogP contribution in [0, 0.1) is 0 Å². The highest BCUT2D eigenvalue weighted by atomic mass is 16.5. The number of carbonyl (C=O) groups is 1. The summed E-state index contributed by atoms with van der Waals surface area (Å²) in [6, 6.07) is 11.1. The van der Waals surface area contributed by atoms with Crippen LogP contribution in [0.15, 0.2) is 42.5 Å². The molecule has 0 saturated carbocycles. The van der Waals surface area contributed by atoms with E-state index in [0.717, 1.165) is 0 Å². The molecule has 0 radical (unpaired) electrons. The summed E-state index contributed by atoms with van der Waals surface area (Å²) < 4.78 is 5.49. The molecule has 0 spiro atoms. The van der Waals surface area contributed by atoms with E-state index in [1.807, 2.05) is 0 Å². The summed E-state index contributed by atoms with van der Waals surface area (Å²) in [6.45, 7) is 0. The van der Waals surface area contributed by atoms with Crippen LogP contribution < -0.4 is 16.2 Å².